The van der Waals surface area contributed by atoms with E-state index in [4.69, 9.17) is 0 Å². The van der Waals surface area contributed by atoms with Crippen LogP contribution in [0.15, 0.2) is 36.0 Å². The van der Waals surface area contributed by atoms with E-state index in [9.17, 15) is 9.59 Å². The first-order chi connectivity index (χ1) is 14.1. The lowest BCUT2D eigenvalue weighted by atomic mass is 9.97. The van der Waals surface area contributed by atoms with Crippen LogP contribution in [-0.2, 0) is 0 Å². The van der Waals surface area contributed by atoms with Gasteiger partial charge in [-0.25, -0.2) is 4.98 Å². The van der Waals surface area contributed by atoms with Crippen molar-refractivity contribution in [1.82, 2.24) is 19.6 Å². The number of imidazole rings is 1. The highest BCUT2D eigenvalue weighted by Gasteiger charge is 2.27. The molecule has 6 heteroatoms. The second-order valence-electron chi connectivity index (χ2n) is 8.35. The van der Waals surface area contributed by atoms with Crippen molar-refractivity contribution in [2.75, 3.05) is 19.6 Å². The average Bonchev–Trinajstić information content (AvgIpc) is 3.14. The average molecular weight is 395 g/mol. The van der Waals surface area contributed by atoms with E-state index in [-0.39, 0.29) is 11.8 Å². The van der Waals surface area contributed by atoms with E-state index in [0.29, 0.717) is 29.5 Å². The Balaban J connectivity index is 1.51. The number of hydrogen-bond donors (Lipinski definition) is 1. The number of carbonyl (C=O) groups is 2. The van der Waals surface area contributed by atoms with Gasteiger partial charge in [0, 0.05) is 25.8 Å². The molecule has 29 heavy (non-hydrogen) atoms. The van der Waals surface area contributed by atoms with Crippen molar-refractivity contribution in [3.63, 3.8) is 0 Å². The summed E-state index contributed by atoms with van der Waals surface area (Å²) >= 11 is 0. The number of likely N-dealkylation sites (tertiary alicyclic amines) is 1. The molecule has 4 rings (SSSR count). The van der Waals surface area contributed by atoms with E-state index in [1.54, 1.807) is 4.40 Å². The minimum Gasteiger partial charge on any atom is -0.350 e. The number of nitrogens with one attached hydrogen (secondary N) is 1. The molecule has 1 aliphatic carbocycles. The Kier molecular flexibility index (Phi) is 5.97. The molecule has 2 aliphatic rings. The van der Waals surface area contributed by atoms with Gasteiger partial charge in [-0.3, -0.25) is 14.0 Å². The van der Waals surface area contributed by atoms with Gasteiger partial charge in [0.1, 0.15) is 0 Å². The van der Waals surface area contributed by atoms with Crippen molar-refractivity contribution in [2.24, 2.45) is 5.92 Å². The van der Waals surface area contributed by atoms with E-state index in [1.165, 1.54) is 18.4 Å². The van der Waals surface area contributed by atoms with Gasteiger partial charge < -0.3 is 10.2 Å². The standard InChI is InChI=1S/C23H30N4O2/c1-17-8-7-14-26(16-17)23(29)21-25-20(19-11-5-6-15-27(19)21)22(28)24-13-12-18-9-3-2-4-10-18/h5-6,9,11,15,17H,2-4,7-8,10,12-14,16H2,1H3,(H,24,28). The number of pyridine rings is 1. The highest BCUT2D eigenvalue weighted by atomic mass is 16.2. The zero-order valence-electron chi connectivity index (χ0n) is 17.2. The molecule has 154 valence electrons. The van der Waals surface area contributed by atoms with Crippen LogP contribution in [0, 0.1) is 5.92 Å². The van der Waals surface area contributed by atoms with Crippen molar-refractivity contribution in [3.05, 3.63) is 47.6 Å². The minimum atomic E-state index is -0.212. The molecule has 0 radical (unpaired) electrons. The maximum Gasteiger partial charge on any atom is 0.290 e. The number of hydrogen-bond acceptors (Lipinski definition) is 3. The lowest BCUT2D eigenvalue weighted by Gasteiger charge is -2.30. The summed E-state index contributed by atoms with van der Waals surface area (Å²) in [5, 5.41) is 3.00. The molecule has 0 saturated carbocycles. The Morgan fingerprint density at radius 3 is 2.93 bits per heavy atom. The molecule has 1 atom stereocenters. The van der Waals surface area contributed by atoms with Crippen molar-refractivity contribution in [1.29, 1.82) is 0 Å². The third-order valence-electron chi connectivity index (χ3n) is 6.02. The van der Waals surface area contributed by atoms with Gasteiger partial charge in [0.2, 0.25) is 5.82 Å². The quantitative estimate of drug-likeness (QED) is 0.784. The zero-order valence-corrected chi connectivity index (χ0v) is 17.2. The van der Waals surface area contributed by atoms with Gasteiger partial charge in [0.25, 0.3) is 11.8 Å². The van der Waals surface area contributed by atoms with E-state index in [0.717, 1.165) is 45.2 Å². The van der Waals surface area contributed by atoms with Crippen LogP contribution < -0.4 is 5.32 Å². The molecule has 2 amide bonds. The van der Waals surface area contributed by atoms with Gasteiger partial charge in [-0.05, 0) is 63.0 Å². The predicted octanol–water partition coefficient (Wildman–Crippen LogP) is 3.83. The smallest absolute Gasteiger partial charge is 0.290 e. The highest BCUT2D eigenvalue weighted by molar-refractivity contribution is 6.02. The fraction of sp³-hybridized carbons (Fsp3) is 0.522. The zero-order chi connectivity index (χ0) is 20.2. The maximum absolute atomic E-state index is 13.1. The molecule has 0 bridgehead atoms. The Bertz CT molecular complexity index is 930. The molecule has 3 heterocycles. The van der Waals surface area contributed by atoms with E-state index in [2.05, 4.69) is 23.3 Å². The second kappa shape index (κ2) is 8.80. The summed E-state index contributed by atoms with van der Waals surface area (Å²) in [5.41, 5.74) is 2.44. The van der Waals surface area contributed by atoms with Crippen LogP contribution in [0.25, 0.3) is 5.52 Å². The van der Waals surface area contributed by atoms with Crippen molar-refractivity contribution >= 4 is 17.3 Å². The molecule has 2 aromatic heterocycles. The van der Waals surface area contributed by atoms with E-state index in [1.807, 2.05) is 29.3 Å². The fourth-order valence-electron chi connectivity index (χ4n) is 4.42. The summed E-state index contributed by atoms with van der Waals surface area (Å²) in [6.07, 6.45) is 12.0. The first-order valence-electron chi connectivity index (χ1n) is 10.9. The molecular weight excluding hydrogens is 364 g/mol. The van der Waals surface area contributed by atoms with Crippen LogP contribution in [0.2, 0.25) is 0 Å². The van der Waals surface area contributed by atoms with E-state index >= 15 is 0 Å². The minimum absolute atomic E-state index is 0.0934. The number of rotatable bonds is 5. The summed E-state index contributed by atoms with van der Waals surface area (Å²) in [7, 11) is 0. The maximum atomic E-state index is 13.1. The lowest BCUT2D eigenvalue weighted by Crippen LogP contribution is -2.40. The number of aromatic nitrogens is 2. The Hall–Kier alpha value is -2.63. The van der Waals surface area contributed by atoms with Crippen LogP contribution in [-0.4, -0.2) is 45.7 Å². The molecule has 6 nitrogen and oxygen atoms in total. The van der Waals surface area contributed by atoms with Crippen LogP contribution in [0.5, 0.6) is 0 Å². The fourth-order valence-corrected chi connectivity index (χ4v) is 4.42. The SMILES string of the molecule is CC1CCCN(C(=O)c2nc(C(=O)NCCC3=CCCCC3)c3ccccn23)C1. The third-order valence-corrected chi connectivity index (χ3v) is 6.02. The van der Waals surface area contributed by atoms with Crippen molar-refractivity contribution < 1.29 is 9.59 Å². The number of carbonyl (C=O) groups excluding carboxylic acids is 2. The van der Waals surface area contributed by atoms with Crippen LogP contribution in [0.1, 0.15) is 73.0 Å². The second-order valence-corrected chi connectivity index (χ2v) is 8.35. The van der Waals surface area contributed by atoms with E-state index < -0.39 is 0 Å². The van der Waals surface area contributed by atoms with Crippen LogP contribution >= 0.6 is 0 Å². The first-order valence-corrected chi connectivity index (χ1v) is 10.9. The summed E-state index contributed by atoms with van der Waals surface area (Å²) in [5.74, 6) is 0.519. The summed E-state index contributed by atoms with van der Waals surface area (Å²) in [4.78, 5) is 32.3. The van der Waals surface area contributed by atoms with Gasteiger partial charge in [-0.2, -0.15) is 0 Å². The van der Waals surface area contributed by atoms with Crippen molar-refractivity contribution in [3.8, 4) is 0 Å². The number of piperidine rings is 1. The van der Waals surface area contributed by atoms with Gasteiger partial charge >= 0.3 is 0 Å². The predicted molar refractivity (Wildman–Crippen MR) is 113 cm³/mol. The summed E-state index contributed by atoms with van der Waals surface area (Å²) in [6.45, 7) is 4.27. The lowest BCUT2D eigenvalue weighted by molar-refractivity contribution is 0.0670. The number of allylic oxidation sites excluding steroid dienone is 1. The largest absolute Gasteiger partial charge is 0.350 e. The molecular formula is C23H30N4O2. The normalized spacial score (nSPS) is 19.8. The molecule has 1 saturated heterocycles. The third kappa shape index (κ3) is 4.36. The monoisotopic (exact) mass is 394 g/mol. The molecule has 1 fully saturated rings. The number of amides is 2. The Morgan fingerprint density at radius 2 is 2.14 bits per heavy atom. The topological polar surface area (TPSA) is 66.7 Å². The van der Waals surface area contributed by atoms with Crippen LogP contribution in [0.4, 0.5) is 0 Å². The Morgan fingerprint density at radius 1 is 1.24 bits per heavy atom. The highest BCUT2D eigenvalue weighted by Crippen LogP contribution is 2.21. The molecule has 2 aromatic rings. The molecule has 1 aliphatic heterocycles. The molecule has 1 N–H and O–H groups in total. The summed E-state index contributed by atoms with van der Waals surface area (Å²) in [6, 6.07) is 5.58. The van der Waals surface area contributed by atoms with Crippen LogP contribution in [0.3, 0.4) is 0 Å². The molecule has 0 aromatic carbocycles. The van der Waals surface area contributed by atoms with Gasteiger partial charge in [0.15, 0.2) is 5.69 Å². The van der Waals surface area contributed by atoms with Gasteiger partial charge in [-0.1, -0.05) is 24.6 Å². The molecule has 0 spiro atoms. The van der Waals surface area contributed by atoms with Crippen molar-refractivity contribution in [2.45, 2.75) is 51.9 Å². The molecule has 1 unspecified atom stereocenters. The number of nitrogens with zero attached hydrogens (tertiary/aromatic N) is 3. The van der Waals surface area contributed by atoms with Gasteiger partial charge in [-0.15, -0.1) is 0 Å². The number of fused-ring (bicyclic) bond motifs is 1. The Labute approximate surface area is 172 Å². The summed E-state index contributed by atoms with van der Waals surface area (Å²) < 4.78 is 1.75. The van der Waals surface area contributed by atoms with Gasteiger partial charge in [0.05, 0.1) is 5.52 Å². The first kappa shape index (κ1) is 19.7.